The van der Waals surface area contributed by atoms with Crippen LogP contribution in [-0.4, -0.2) is 32.9 Å². The largest absolute Gasteiger partial charge is 0.497 e. The summed E-state index contributed by atoms with van der Waals surface area (Å²) in [6.07, 6.45) is 0. The third kappa shape index (κ3) is 4.45. The Morgan fingerprint density at radius 3 is 2.75 bits per heavy atom. The summed E-state index contributed by atoms with van der Waals surface area (Å²) >= 11 is 7.82. The van der Waals surface area contributed by atoms with E-state index in [9.17, 15) is 14.0 Å². The van der Waals surface area contributed by atoms with E-state index in [4.69, 9.17) is 17.0 Å². The molecule has 32 heavy (non-hydrogen) atoms. The third-order valence-electron chi connectivity index (χ3n) is 4.55. The first-order valence-electron chi connectivity index (χ1n) is 9.32. The lowest BCUT2D eigenvalue weighted by Crippen LogP contribution is -2.21. The van der Waals surface area contributed by atoms with Crippen molar-refractivity contribution >= 4 is 57.3 Å². The number of amides is 1. The number of fused-ring (bicyclic) bond motifs is 1. The lowest BCUT2D eigenvalue weighted by atomic mass is 10.3. The zero-order valence-corrected chi connectivity index (χ0v) is 19.4. The first kappa shape index (κ1) is 22.2. The molecule has 1 amide bonds. The number of thioether (sulfide) groups is 1. The fourth-order valence-electron chi connectivity index (χ4n) is 2.98. The van der Waals surface area contributed by atoms with Crippen molar-refractivity contribution in [2.45, 2.75) is 5.16 Å². The highest BCUT2D eigenvalue weighted by molar-refractivity contribution is 7.99. The van der Waals surface area contributed by atoms with Gasteiger partial charge in [0.1, 0.15) is 16.3 Å². The van der Waals surface area contributed by atoms with E-state index in [1.54, 1.807) is 18.7 Å². The molecule has 0 saturated heterocycles. The van der Waals surface area contributed by atoms with Gasteiger partial charge in [0.2, 0.25) is 5.91 Å². The second kappa shape index (κ2) is 9.23. The molecule has 0 spiro atoms. The van der Waals surface area contributed by atoms with E-state index in [0.717, 1.165) is 17.4 Å². The van der Waals surface area contributed by atoms with Crippen LogP contribution < -0.4 is 15.6 Å². The normalized spacial score (nSPS) is 11.0. The minimum atomic E-state index is -0.383. The Morgan fingerprint density at radius 1 is 1.28 bits per heavy atom. The summed E-state index contributed by atoms with van der Waals surface area (Å²) in [7, 11) is 3.18. The quantitative estimate of drug-likeness (QED) is 0.246. The van der Waals surface area contributed by atoms with Gasteiger partial charge in [-0.1, -0.05) is 29.2 Å². The van der Waals surface area contributed by atoms with Crippen LogP contribution in [0.1, 0.15) is 0 Å². The lowest BCUT2D eigenvalue weighted by molar-refractivity contribution is -0.113. The Morgan fingerprint density at radius 2 is 2.03 bits per heavy atom. The average Bonchev–Trinajstić information content (AvgIpc) is 3.12. The van der Waals surface area contributed by atoms with Gasteiger partial charge in [0.25, 0.3) is 5.56 Å². The first-order chi connectivity index (χ1) is 15.4. The van der Waals surface area contributed by atoms with Gasteiger partial charge in [0.15, 0.2) is 14.8 Å². The smallest absolute Gasteiger partial charge is 0.273 e. The van der Waals surface area contributed by atoms with Gasteiger partial charge >= 0.3 is 0 Å². The third-order valence-corrected chi connectivity index (χ3v) is 6.93. The molecule has 0 aliphatic carbocycles. The van der Waals surface area contributed by atoms with Crippen molar-refractivity contribution in [2.24, 2.45) is 7.05 Å². The van der Waals surface area contributed by atoms with Crippen LogP contribution >= 0.6 is 35.3 Å². The maximum Gasteiger partial charge on any atom is 0.273 e. The molecule has 0 aliphatic heterocycles. The predicted molar refractivity (Wildman–Crippen MR) is 127 cm³/mol. The highest BCUT2D eigenvalue weighted by Crippen LogP contribution is 2.27. The summed E-state index contributed by atoms with van der Waals surface area (Å²) < 4.78 is 22.4. The molecule has 0 fully saturated rings. The number of hydrogen-bond donors (Lipinski definition) is 1. The van der Waals surface area contributed by atoms with E-state index in [0.29, 0.717) is 30.9 Å². The second-order valence-corrected chi connectivity index (χ2v) is 9.25. The van der Waals surface area contributed by atoms with Gasteiger partial charge in [0.05, 0.1) is 18.6 Å². The Labute approximate surface area is 195 Å². The monoisotopic (exact) mass is 488 g/mol. The summed E-state index contributed by atoms with van der Waals surface area (Å²) in [5.74, 6) is -0.00987. The highest BCUT2D eigenvalue weighted by Gasteiger charge is 2.17. The van der Waals surface area contributed by atoms with Gasteiger partial charge in [0, 0.05) is 18.8 Å². The SMILES string of the molecule is COc1cccc(-n2c(=S)sc3c(=O)n(C)c(SCC(=O)Nc4ccc(F)cc4)nc32)c1. The minimum Gasteiger partial charge on any atom is -0.497 e. The molecule has 164 valence electrons. The number of rotatable bonds is 6. The molecular formula is C21H17FN4O3S3. The van der Waals surface area contributed by atoms with Gasteiger partial charge in [-0.2, -0.15) is 0 Å². The number of aromatic nitrogens is 3. The summed E-state index contributed by atoms with van der Waals surface area (Å²) in [4.78, 5) is 29.9. The second-order valence-electron chi connectivity index (χ2n) is 6.66. The molecule has 0 atom stereocenters. The molecule has 0 bridgehead atoms. The lowest BCUT2D eigenvalue weighted by Gasteiger charge is -2.10. The van der Waals surface area contributed by atoms with Gasteiger partial charge in [-0.25, -0.2) is 9.37 Å². The zero-order valence-electron chi connectivity index (χ0n) is 17.0. The van der Waals surface area contributed by atoms with Crippen LogP contribution in [0.3, 0.4) is 0 Å². The number of hydrogen-bond acceptors (Lipinski definition) is 7. The van der Waals surface area contributed by atoms with Crippen molar-refractivity contribution in [1.82, 2.24) is 14.1 Å². The molecule has 2 aromatic heterocycles. The summed E-state index contributed by atoms with van der Waals surface area (Å²) in [6, 6.07) is 12.8. The van der Waals surface area contributed by atoms with E-state index in [2.05, 4.69) is 10.3 Å². The first-order valence-corrected chi connectivity index (χ1v) is 11.5. The molecule has 4 rings (SSSR count). The molecule has 0 saturated carbocycles. The fraction of sp³-hybridized carbons (Fsp3) is 0.143. The summed E-state index contributed by atoms with van der Waals surface area (Å²) in [5.41, 5.74) is 1.40. The van der Waals surface area contributed by atoms with Gasteiger partial charge in [-0.05, 0) is 48.6 Å². The number of methoxy groups -OCH3 is 1. The molecule has 0 aliphatic rings. The molecule has 2 aromatic carbocycles. The van der Waals surface area contributed by atoms with E-state index >= 15 is 0 Å². The predicted octanol–water partition coefficient (Wildman–Crippen LogP) is 4.39. The average molecular weight is 489 g/mol. The van der Waals surface area contributed by atoms with Crippen molar-refractivity contribution in [3.8, 4) is 11.4 Å². The minimum absolute atomic E-state index is 0.0210. The maximum atomic E-state index is 13.0. The van der Waals surface area contributed by atoms with Crippen molar-refractivity contribution in [2.75, 3.05) is 18.2 Å². The van der Waals surface area contributed by atoms with Gasteiger partial charge in [-0.3, -0.25) is 18.7 Å². The van der Waals surface area contributed by atoms with Gasteiger partial charge < -0.3 is 10.1 Å². The van der Waals surface area contributed by atoms with E-state index in [1.165, 1.54) is 40.2 Å². The maximum absolute atomic E-state index is 13.0. The zero-order chi connectivity index (χ0) is 22.8. The number of halogens is 1. The number of ether oxygens (including phenoxy) is 1. The number of anilines is 1. The Hall–Kier alpha value is -3.02. The Kier molecular flexibility index (Phi) is 6.40. The van der Waals surface area contributed by atoms with E-state index in [1.807, 2.05) is 24.3 Å². The number of benzene rings is 2. The van der Waals surface area contributed by atoms with E-state index in [-0.39, 0.29) is 23.0 Å². The van der Waals surface area contributed by atoms with Crippen LogP contribution in [0.5, 0.6) is 5.75 Å². The van der Waals surface area contributed by atoms with Crippen LogP contribution in [0.25, 0.3) is 16.0 Å². The van der Waals surface area contributed by atoms with Crippen LogP contribution in [0.2, 0.25) is 0 Å². The molecule has 0 radical (unpaired) electrons. The van der Waals surface area contributed by atoms with Crippen molar-refractivity contribution in [1.29, 1.82) is 0 Å². The Bertz CT molecular complexity index is 1430. The van der Waals surface area contributed by atoms with E-state index < -0.39 is 0 Å². The van der Waals surface area contributed by atoms with Crippen molar-refractivity contribution < 1.29 is 13.9 Å². The summed E-state index contributed by atoms with van der Waals surface area (Å²) in [6.45, 7) is 0. The number of nitrogens with one attached hydrogen (secondary N) is 1. The number of carbonyl (C=O) groups excluding carboxylic acids is 1. The molecule has 7 nitrogen and oxygen atoms in total. The molecular weight excluding hydrogens is 471 g/mol. The van der Waals surface area contributed by atoms with Crippen LogP contribution in [0.4, 0.5) is 10.1 Å². The molecule has 11 heteroatoms. The Balaban J connectivity index is 1.65. The number of nitrogens with zero attached hydrogens (tertiary/aromatic N) is 3. The fourth-order valence-corrected chi connectivity index (χ4v) is 5.09. The van der Waals surface area contributed by atoms with Crippen LogP contribution in [0, 0.1) is 9.77 Å². The number of carbonyl (C=O) groups is 1. The molecule has 4 aromatic rings. The van der Waals surface area contributed by atoms with Gasteiger partial charge in [-0.15, -0.1) is 0 Å². The number of thiazole rings is 1. The standard InChI is InChI=1S/C21H17FN4O3S3/c1-25-19(28)17-18(26(21(30)32-17)14-4-3-5-15(10-14)29-2)24-20(25)31-11-16(27)23-13-8-6-12(22)7-9-13/h3-10H,11H2,1-2H3,(H,23,27). The van der Waals surface area contributed by atoms with Crippen LogP contribution in [0.15, 0.2) is 58.5 Å². The molecule has 0 unspecified atom stereocenters. The topological polar surface area (TPSA) is 78.1 Å². The van der Waals surface area contributed by atoms with Crippen molar-refractivity contribution in [3.63, 3.8) is 0 Å². The van der Waals surface area contributed by atoms with Crippen molar-refractivity contribution in [3.05, 3.63) is 68.7 Å². The highest BCUT2D eigenvalue weighted by atomic mass is 32.2. The summed E-state index contributed by atoms with van der Waals surface area (Å²) in [5, 5.41) is 3.07. The molecule has 1 N–H and O–H groups in total. The molecule has 2 heterocycles. The van der Waals surface area contributed by atoms with Crippen LogP contribution in [-0.2, 0) is 11.8 Å².